The smallest absolute Gasteiger partial charge is 0.220 e. The zero-order valence-corrected chi connectivity index (χ0v) is 53.9. The van der Waals surface area contributed by atoms with Crippen molar-refractivity contribution in [1.82, 2.24) is 26.6 Å². The first-order chi connectivity index (χ1) is 43.2. The number of aliphatic imine (C=N–C) groups is 6. The topological polar surface area (TPSA) is 252 Å². The zero-order chi connectivity index (χ0) is 64.1. The maximum absolute atomic E-state index is 12.9. The summed E-state index contributed by atoms with van der Waals surface area (Å²) in [6.07, 6.45) is 21.0. The minimum absolute atomic E-state index is 0.00550. The lowest BCUT2D eigenvalue weighted by atomic mass is 9.86. The Kier molecular flexibility index (Phi) is 17.7. The predicted octanol–water partition coefficient (Wildman–Crippen LogP) is 12.0. The molecule has 17 nitrogen and oxygen atoms in total. The van der Waals surface area contributed by atoms with Crippen molar-refractivity contribution in [3.8, 4) is 0 Å². The maximum atomic E-state index is 12.9. The van der Waals surface area contributed by atoms with E-state index in [-0.39, 0.29) is 41.4 Å². The van der Waals surface area contributed by atoms with Crippen molar-refractivity contribution in [3.63, 3.8) is 0 Å². The lowest BCUT2D eigenvalue weighted by Gasteiger charge is -2.18. The maximum Gasteiger partial charge on any atom is 0.220 e. The SMILES string of the molecule is C=CC1=C(C)C2=NC1=CC1=NC(=CC3=C(C)C4=C(O)CC(=C5NC(=C2)C(C)C5CCC(=O)NCCN)C4=N3)C(CC)=C1C.C=CC1=C(C)C2=NC1=CC1=NC(=CC3=C(C)C4=C(O)CC(=C5NC(=C2)C(C)C5CCC(=O)NCCNC(=O)CC)C4=N3)C(CC)=C1C. The van der Waals surface area contributed by atoms with Crippen molar-refractivity contribution in [1.29, 1.82) is 0 Å². The number of fused-ring (bicyclic) bond motifs is 10. The summed E-state index contributed by atoms with van der Waals surface area (Å²) in [5, 5.41) is 38.6. The number of nitrogens with one attached hydrogen (secondary N) is 5. The molecule has 0 aromatic rings. The van der Waals surface area contributed by atoms with Gasteiger partial charge in [0.15, 0.2) is 0 Å². The average Bonchev–Trinajstić information content (AvgIpc) is 1.61. The molecule has 2 saturated heterocycles. The normalized spacial score (nSPS) is 23.7. The molecular weight excluding hydrogens is 1120 g/mol. The molecule has 10 heterocycles. The molecule has 4 unspecified atom stereocenters. The molecule has 0 spiro atoms. The van der Waals surface area contributed by atoms with Crippen molar-refractivity contribution < 1.29 is 24.6 Å². The van der Waals surface area contributed by atoms with Crippen LogP contribution in [0.25, 0.3) is 0 Å². The summed E-state index contributed by atoms with van der Waals surface area (Å²) < 4.78 is 0. The largest absolute Gasteiger partial charge is 0.511 e. The number of carbonyl (C=O) groups excluding carboxylic acids is 3. The monoisotopic (exact) mass is 1210 g/mol. The number of aliphatic hydroxyl groups excluding tert-OH is 2. The van der Waals surface area contributed by atoms with E-state index in [0.717, 1.165) is 171 Å². The highest BCUT2D eigenvalue weighted by Gasteiger charge is 2.44. The summed E-state index contributed by atoms with van der Waals surface area (Å²) in [6, 6.07) is 0. The molecular formula is C73H84N12O5. The van der Waals surface area contributed by atoms with Gasteiger partial charge < -0.3 is 42.5 Å². The first-order valence-electron chi connectivity index (χ1n) is 31.9. The summed E-state index contributed by atoms with van der Waals surface area (Å²) in [5.74, 6) is 0.733. The molecule has 12 aliphatic rings. The third-order valence-corrected chi connectivity index (χ3v) is 19.5. The summed E-state index contributed by atoms with van der Waals surface area (Å²) >= 11 is 0. The molecule has 3 amide bonds. The average molecular weight is 1210 g/mol. The minimum Gasteiger partial charge on any atom is -0.511 e. The van der Waals surface area contributed by atoms with Crippen LogP contribution in [0.4, 0.5) is 0 Å². The van der Waals surface area contributed by atoms with Crippen LogP contribution in [0.15, 0.2) is 238 Å². The molecule has 9 N–H and O–H groups in total. The van der Waals surface area contributed by atoms with Crippen LogP contribution < -0.4 is 32.3 Å². The Morgan fingerprint density at radius 1 is 0.544 bits per heavy atom. The first-order valence-corrected chi connectivity index (χ1v) is 31.9. The van der Waals surface area contributed by atoms with Crippen LogP contribution in [-0.4, -0.2) is 88.4 Å². The fourth-order valence-corrected chi connectivity index (χ4v) is 14.3. The molecule has 12 rings (SSSR count). The molecule has 0 radical (unpaired) electrons. The standard InChI is InChI=1S/C38H44N6O3.C35H40N6O2/c1-8-23-19(4)27-16-29-21(6)25(11-12-35(47)40-14-13-39-34(46)10-3)37(43-29)26-15-33(45)36-22(7)30(44-38(26)36)18-32-24(9-2)20(5)28(42-32)17-31(23)41-27;1-7-21-17(3)25-14-27-19(5)23(9-10-32(43)37-12-11-36)34(40-27)24-13-31(42)33-20(6)28(41-35(24)33)16-30-22(8-2)18(4)26(39-30)15-29(21)38-25/h8,16-18,21,25,43,45H,1,9-15H2,2-7H3,(H,39,46)(H,40,47);7,14-16,19,23,40,42H,1,8-13,36H2,2-6H3,(H,37,43). The van der Waals surface area contributed by atoms with Gasteiger partial charge in [-0.15, -0.1) is 0 Å². The van der Waals surface area contributed by atoms with Crippen LogP contribution in [0.1, 0.15) is 134 Å². The highest BCUT2D eigenvalue weighted by atomic mass is 16.3. The summed E-state index contributed by atoms with van der Waals surface area (Å²) in [5.41, 5.74) is 34.0. The Hall–Kier alpha value is -9.09. The number of nitrogens with two attached hydrogens (primary N) is 1. The van der Waals surface area contributed by atoms with Crippen molar-refractivity contribution in [3.05, 3.63) is 208 Å². The summed E-state index contributed by atoms with van der Waals surface area (Å²) in [7, 11) is 0. The second-order valence-electron chi connectivity index (χ2n) is 24.7. The van der Waals surface area contributed by atoms with E-state index in [1.54, 1.807) is 6.92 Å². The van der Waals surface area contributed by atoms with E-state index < -0.39 is 0 Å². The molecule has 16 bridgehead atoms. The molecule has 4 atom stereocenters. The lowest BCUT2D eigenvalue weighted by Crippen LogP contribution is -2.34. The Balaban J connectivity index is 0.000000186. The quantitative estimate of drug-likeness (QED) is 0.0688. The van der Waals surface area contributed by atoms with Gasteiger partial charge in [-0.25, -0.2) is 30.0 Å². The van der Waals surface area contributed by atoms with Gasteiger partial charge in [0.1, 0.15) is 11.5 Å². The second-order valence-corrected chi connectivity index (χ2v) is 24.7. The van der Waals surface area contributed by atoms with Gasteiger partial charge in [0.25, 0.3) is 0 Å². The van der Waals surface area contributed by atoms with E-state index >= 15 is 0 Å². The minimum atomic E-state index is -0.0587. The van der Waals surface area contributed by atoms with E-state index in [1.807, 2.05) is 32.1 Å². The zero-order valence-electron chi connectivity index (χ0n) is 53.9. The van der Waals surface area contributed by atoms with Gasteiger partial charge in [-0.3, -0.25) is 14.4 Å². The van der Waals surface area contributed by atoms with Gasteiger partial charge in [-0.1, -0.05) is 59.9 Å². The molecule has 10 aliphatic heterocycles. The number of hydrogen-bond donors (Lipinski definition) is 8. The van der Waals surface area contributed by atoms with E-state index in [9.17, 15) is 24.6 Å². The molecule has 466 valence electrons. The highest BCUT2D eigenvalue weighted by molar-refractivity contribution is 6.23. The third kappa shape index (κ3) is 11.3. The number of hydrogen-bond acceptors (Lipinski definition) is 14. The molecule has 0 aromatic carbocycles. The van der Waals surface area contributed by atoms with Crippen molar-refractivity contribution in [2.75, 3.05) is 26.2 Å². The van der Waals surface area contributed by atoms with Crippen LogP contribution >= 0.6 is 0 Å². The Morgan fingerprint density at radius 3 is 1.32 bits per heavy atom. The van der Waals surface area contributed by atoms with E-state index in [1.165, 1.54) is 11.1 Å². The number of carbonyl (C=O) groups is 3. The second kappa shape index (κ2) is 25.4. The number of amides is 3. The highest BCUT2D eigenvalue weighted by Crippen LogP contribution is 2.49. The number of nitrogens with zero attached hydrogens (tertiary/aromatic N) is 6. The molecule has 17 heteroatoms. The fourth-order valence-electron chi connectivity index (χ4n) is 14.3. The predicted molar refractivity (Wildman–Crippen MR) is 361 cm³/mol. The Morgan fingerprint density at radius 2 is 0.933 bits per heavy atom. The van der Waals surface area contributed by atoms with Gasteiger partial charge in [-0.05, 0) is 148 Å². The van der Waals surface area contributed by atoms with Gasteiger partial charge >= 0.3 is 0 Å². The van der Waals surface area contributed by atoms with E-state index in [0.29, 0.717) is 82.6 Å². The van der Waals surface area contributed by atoms with Crippen LogP contribution in [-0.2, 0) is 14.4 Å². The van der Waals surface area contributed by atoms with Gasteiger partial charge in [0.2, 0.25) is 17.7 Å². The number of rotatable bonds is 16. The molecule has 90 heavy (non-hydrogen) atoms. The van der Waals surface area contributed by atoms with Crippen LogP contribution in [0, 0.1) is 23.7 Å². The summed E-state index contributed by atoms with van der Waals surface area (Å²) in [6.45, 7) is 32.7. The van der Waals surface area contributed by atoms with Crippen LogP contribution in [0.2, 0.25) is 0 Å². The number of allylic oxidation sites excluding steroid dienone is 24. The Labute approximate surface area is 528 Å². The fraction of sp³-hybridized carbons (Fsp3) is 0.384. The Bertz CT molecular complexity index is 4080. The molecule has 2 aliphatic carbocycles. The van der Waals surface area contributed by atoms with Gasteiger partial charge in [0, 0.05) is 138 Å². The van der Waals surface area contributed by atoms with Crippen molar-refractivity contribution >= 4 is 52.0 Å². The van der Waals surface area contributed by atoms with E-state index in [4.69, 9.17) is 35.7 Å². The van der Waals surface area contributed by atoms with Crippen LogP contribution in [0.5, 0.6) is 0 Å². The molecule has 0 saturated carbocycles. The van der Waals surface area contributed by atoms with Crippen molar-refractivity contribution in [2.45, 2.75) is 134 Å². The third-order valence-electron chi connectivity index (χ3n) is 19.5. The molecule has 0 aromatic heterocycles. The number of aliphatic hydroxyl groups is 2. The van der Waals surface area contributed by atoms with Crippen molar-refractivity contribution in [2.24, 2.45) is 59.4 Å². The van der Waals surface area contributed by atoms with Crippen LogP contribution in [0.3, 0.4) is 0 Å². The van der Waals surface area contributed by atoms with Gasteiger partial charge in [-0.2, -0.15) is 0 Å². The lowest BCUT2D eigenvalue weighted by molar-refractivity contribution is -0.122. The first kappa shape index (κ1) is 62.5. The van der Waals surface area contributed by atoms with Gasteiger partial charge in [0.05, 0.1) is 68.5 Å². The molecule has 2 fully saturated rings. The summed E-state index contributed by atoms with van der Waals surface area (Å²) in [4.78, 5) is 67.6. The van der Waals surface area contributed by atoms with E-state index in [2.05, 4.69) is 126 Å².